The lowest BCUT2D eigenvalue weighted by Gasteiger charge is -1.87. The number of aromatic amines is 1. The smallest absolute Gasteiger partial charge is 0.275 e. The minimum Gasteiger partial charge on any atom is -0.310 e. The van der Waals surface area contributed by atoms with E-state index in [1.165, 1.54) is 10.8 Å². The van der Waals surface area contributed by atoms with E-state index in [1.54, 1.807) is 12.3 Å². The van der Waals surface area contributed by atoms with Crippen LogP contribution in [0.15, 0.2) is 23.4 Å². The zero-order valence-electron chi connectivity index (χ0n) is 7.12. The largest absolute Gasteiger partial charge is 0.310 e. The van der Waals surface area contributed by atoms with Crippen LogP contribution in [0.3, 0.4) is 0 Å². The highest BCUT2D eigenvalue weighted by Gasteiger charge is 2.00. The summed E-state index contributed by atoms with van der Waals surface area (Å²) in [4.78, 5) is 13.8. The van der Waals surface area contributed by atoms with Gasteiger partial charge in [-0.1, -0.05) is 11.8 Å². The number of hydrogen-bond donors (Lipinski definition) is 1. The van der Waals surface area contributed by atoms with Gasteiger partial charge < -0.3 is 4.98 Å². The molecule has 2 rings (SSSR count). The lowest BCUT2D eigenvalue weighted by Crippen LogP contribution is -2.09. The average Bonchev–Trinajstić information content (AvgIpc) is 2.59. The molecule has 0 aliphatic carbocycles. The van der Waals surface area contributed by atoms with Crippen molar-refractivity contribution < 1.29 is 0 Å². The van der Waals surface area contributed by atoms with Gasteiger partial charge in [-0.15, -0.1) is 11.6 Å². The highest BCUT2D eigenvalue weighted by molar-refractivity contribution is 6.19. The SMILES string of the molecule is O=c1[nH]cnn2cc(C#CCCl)cc12. The summed E-state index contributed by atoms with van der Waals surface area (Å²) in [6.07, 6.45) is 3.03. The molecule has 5 heteroatoms. The number of aromatic nitrogens is 3. The van der Waals surface area contributed by atoms with Crippen molar-refractivity contribution in [3.05, 3.63) is 34.5 Å². The summed E-state index contributed by atoms with van der Waals surface area (Å²) in [6.45, 7) is 0. The first-order chi connectivity index (χ1) is 6.81. The molecule has 2 aromatic heterocycles. The fourth-order valence-corrected chi connectivity index (χ4v) is 1.21. The van der Waals surface area contributed by atoms with Crippen molar-refractivity contribution in [2.75, 3.05) is 5.88 Å². The van der Waals surface area contributed by atoms with Gasteiger partial charge in [0, 0.05) is 11.8 Å². The van der Waals surface area contributed by atoms with Crippen molar-refractivity contribution in [1.29, 1.82) is 0 Å². The number of alkyl halides is 1. The Balaban J connectivity index is 2.63. The molecule has 0 amide bonds. The molecular weight excluding hydrogens is 202 g/mol. The fourth-order valence-electron chi connectivity index (χ4n) is 1.14. The molecule has 70 valence electrons. The van der Waals surface area contributed by atoms with E-state index in [4.69, 9.17) is 11.6 Å². The second-order valence-electron chi connectivity index (χ2n) is 2.61. The second-order valence-corrected chi connectivity index (χ2v) is 2.88. The zero-order chi connectivity index (χ0) is 9.97. The highest BCUT2D eigenvalue weighted by atomic mass is 35.5. The molecule has 0 atom stereocenters. The van der Waals surface area contributed by atoms with E-state index in [9.17, 15) is 4.79 Å². The molecule has 0 bridgehead atoms. The van der Waals surface area contributed by atoms with Gasteiger partial charge in [0.05, 0.1) is 5.88 Å². The van der Waals surface area contributed by atoms with Gasteiger partial charge in [-0.3, -0.25) is 4.79 Å². The monoisotopic (exact) mass is 207 g/mol. The Kier molecular flexibility index (Phi) is 2.25. The Hall–Kier alpha value is -1.73. The molecule has 2 aromatic rings. The normalized spacial score (nSPS) is 9.79. The lowest BCUT2D eigenvalue weighted by atomic mass is 10.3. The highest BCUT2D eigenvalue weighted by Crippen LogP contribution is 2.01. The van der Waals surface area contributed by atoms with E-state index in [1.807, 2.05) is 0 Å². The number of H-pyrrole nitrogens is 1. The molecule has 0 saturated carbocycles. The van der Waals surface area contributed by atoms with E-state index in [-0.39, 0.29) is 11.4 Å². The fraction of sp³-hybridized carbons (Fsp3) is 0.111. The van der Waals surface area contributed by atoms with E-state index >= 15 is 0 Å². The molecule has 0 aromatic carbocycles. The van der Waals surface area contributed by atoms with Crippen LogP contribution >= 0.6 is 11.6 Å². The third-order valence-electron chi connectivity index (χ3n) is 1.71. The first kappa shape index (κ1) is 8.85. The summed E-state index contributed by atoms with van der Waals surface area (Å²) in [5.41, 5.74) is 1.03. The molecule has 0 saturated heterocycles. The van der Waals surface area contributed by atoms with Crippen LogP contribution in [0.4, 0.5) is 0 Å². The summed E-state index contributed by atoms with van der Waals surface area (Å²) >= 11 is 5.42. The molecule has 14 heavy (non-hydrogen) atoms. The van der Waals surface area contributed by atoms with Crippen LogP contribution in [0.5, 0.6) is 0 Å². The molecule has 0 radical (unpaired) electrons. The van der Waals surface area contributed by atoms with Crippen LogP contribution in [-0.2, 0) is 0 Å². The van der Waals surface area contributed by atoms with Crippen LogP contribution in [-0.4, -0.2) is 20.5 Å². The molecule has 0 fully saturated rings. The van der Waals surface area contributed by atoms with Gasteiger partial charge in [-0.25, -0.2) is 4.52 Å². The molecule has 0 aliphatic heterocycles. The first-order valence-electron chi connectivity index (χ1n) is 3.92. The van der Waals surface area contributed by atoms with Crippen LogP contribution in [0.1, 0.15) is 5.56 Å². The number of nitrogens with zero attached hydrogens (tertiary/aromatic N) is 2. The molecule has 2 heterocycles. The third kappa shape index (κ3) is 1.50. The van der Waals surface area contributed by atoms with E-state index in [0.717, 1.165) is 5.56 Å². The van der Waals surface area contributed by atoms with Crippen molar-refractivity contribution >= 4 is 17.1 Å². The van der Waals surface area contributed by atoms with E-state index in [2.05, 4.69) is 21.9 Å². The van der Waals surface area contributed by atoms with Crippen LogP contribution in [0.2, 0.25) is 0 Å². The van der Waals surface area contributed by atoms with Crippen LogP contribution in [0, 0.1) is 11.8 Å². The Morgan fingerprint density at radius 3 is 3.21 bits per heavy atom. The van der Waals surface area contributed by atoms with Crippen LogP contribution in [0.25, 0.3) is 5.52 Å². The molecular formula is C9H6ClN3O. The maximum atomic E-state index is 11.3. The summed E-state index contributed by atoms with van der Waals surface area (Å²) in [7, 11) is 0. The number of hydrogen-bond acceptors (Lipinski definition) is 2. The Bertz CT molecular complexity index is 573. The van der Waals surface area contributed by atoms with Gasteiger partial charge in [0.2, 0.25) is 0 Å². The van der Waals surface area contributed by atoms with Crippen molar-refractivity contribution in [3.63, 3.8) is 0 Å². The van der Waals surface area contributed by atoms with Crippen LogP contribution < -0.4 is 5.56 Å². The van der Waals surface area contributed by atoms with Crippen molar-refractivity contribution in [2.24, 2.45) is 0 Å². The maximum absolute atomic E-state index is 11.3. The summed E-state index contributed by atoms with van der Waals surface area (Å²) in [5.74, 6) is 5.80. The van der Waals surface area contributed by atoms with Crippen molar-refractivity contribution in [2.45, 2.75) is 0 Å². The third-order valence-corrected chi connectivity index (χ3v) is 1.84. The summed E-state index contributed by atoms with van der Waals surface area (Å²) in [5, 5.41) is 3.93. The topological polar surface area (TPSA) is 50.2 Å². The molecule has 0 unspecified atom stereocenters. The Morgan fingerprint density at radius 1 is 1.64 bits per heavy atom. The van der Waals surface area contributed by atoms with Gasteiger partial charge in [-0.2, -0.15) is 5.10 Å². The molecule has 1 N–H and O–H groups in total. The molecule has 4 nitrogen and oxygen atoms in total. The standard InChI is InChI=1S/C9H6ClN3O/c10-3-1-2-7-4-8-9(14)11-6-12-13(8)5-7/h4-6H,3H2,(H,11,12,14). The minimum absolute atomic E-state index is 0.182. The lowest BCUT2D eigenvalue weighted by molar-refractivity contribution is 0.888. The Morgan fingerprint density at radius 2 is 2.50 bits per heavy atom. The van der Waals surface area contributed by atoms with Gasteiger partial charge in [0.25, 0.3) is 5.56 Å². The number of halogens is 1. The molecule has 0 aliphatic rings. The van der Waals surface area contributed by atoms with Crippen molar-refractivity contribution in [3.8, 4) is 11.8 Å². The predicted octanol–water partition coefficient (Wildman–Crippen LogP) is 0.613. The summed E-state index contributed by atoms with van der Waals surface area (Å²) in [6, 6.07) is 1.67. The number of nitrogens with one attached hydrogen (secondary N) is 1. The number of fused-ring (bicyclic) bond motifs is 1. The second kappa shape index (κ2) is 3.56. The quantitative estimate of drug-likeness (QED) is 0.509. The predicted molar refractivity (Wildman–Crippen MR) is 53.4 cm³/mol. The first-order valence-corrected chi connectivity index (χ1v) is 4.45. The van der Waals surface area contributed by atoms with E-state index in [0.29, 0.717) is 5.52 Å². The van der Waals surface area contributed by atoms with Gasteiger partial charge in [0.1, 0.15) is 11.8 Å². The van der Waals surface area contributed by atoms with Gasteiger partial charge in [-0.05, 0) is 6.07 Å². The number of rotatable bonds is 0. The average molecular weight is 208 g/mol. The van der Waals surface area contributed by atoms with Gasteiger partial charge >= 0.3 is 0 Å². The zero-order valence-corrected chi connectivity index (χ0v) is 7.88. The maximum Gasteiger partial charge on any atom is 0.275 e. The Labute approximate surface area is 84.5 Å². The minimum atomic E-state index is -0.182. The summed E-state index contributed by atoms with van der Waals surface area (Å²) < 4.78 is 1.48. The van der Waals surface area contributed by atoms with E-state index < -0.39 is 0 Å². The van der Waals surface area contributed by atoms with Gasteiger partial charge in [0.15, 0.2) is 0 Å². The van der Waals surface area contributed by atoms with Crippen molar-refractivity contribution in [1.82, 2.24) is 14.6 Å². The molecule has 0 spiro atoms.